The molecule has 3 rings (SSSR count). The van der Waals surface area contributed by atoms with Gasteiger partial charge in [0, 0.05) is 28.2 Å². The van der Waals surface area contributed by atoms with Crippen molar-refractivity contribution in [1.82, 2.24) is 9.97 Å². The molecule has 1 amide bonds. The first-order valence-corrected chi connectivity index (χ1v) is 14.6. The second-order valence-corrected chi connectivity index (χ2v) is 9.58. The van der Waals surface area contributed by atoms with Gasteiger partial charge in [0.15, 0.2) is 0 Å². The lowest BCUT2D eigenvalue weighted by Crippen LogP contribution is -2.16. The van der Waals surface area contributed by atoms with Gasteiger partial charge in [-0.15, -0.1) is 11.6 Å². The number of nitrogens with one attached hydrogen (secondary N) is 2. The number of ether oxygens (including phenoxy) is 6. The second-order valence-electron chi connectivity index (χ2n) is 8.40. The SMILES string of the molecule is CCOCCOCCOCCOCCOCCOc1cc2ncnc(Nc3cccc(Br)c3)c2cc1NC(=O)CCl. The average molecular weight is 656 g/mol. The van der Waals surface area contributed by atoms with E-state index in [1.165, 1.54) is 6.33 Å². The third-order valence-corrected chi connectivity index (χ3v) is 6.13. The number of nitrogens with zero attached hydrogens (tertiary/aromatic N) is 2. The molecule has 0 aliphatic heterocycles. The molecule has 3 aromatic rings. The first-order chi connectivity index (χ1) is 20.1. The molecule has 1 heterocycles. The van der Waals surface area contributed by atoms with E-state index in [-0.39, 0.29) is 18.4 Å². The molecule has 0 spiro atoms. The van der Waals surface area contributed by atoms with Crippen LogP contribution in [0.2, 0.25) is 0 Å². The van der Waals surface area contributed by atoms with Crippen molar-refractivity contribution in [3.63, 3.8) is 0 Å². The predicted octanol–water partition coefficient (Wildman–Crippen LogP) is 4.79. The summed E-state index contributed by atoms with van der Waals surface area (Å²) in [6, 6.07) is 11.2. The largest absolute Gasteiger partial charge is 0.489 e. The van der Waals surface area contributed by atoms with Crippen LogP contribution < -0.4 is 15.4 Å². The highest BCUT2D eigenvalue weighted by Crippen LogP contribution is 2.33. The Morgan fingerprint density at radius 2 is 1.49 bits per heavy atom. The Hall–Kier alpha value is -2.58. The van der Waals surface area contributed by atoms with Crippen LogP contribution >= 0.6 is 27.5 Å². The molecule has 0 unspecified atom stereocenters. The molecule has 0 atom stereocenters. The fraction of sp³-hybridized carbons (Fsp3) is 0.464. The highest BCUT2D eigenvalue weighted by molar-refractivity contribution is 9.10. The maximum absolute atomic E-state index is 12.1. The number of carbonyl (C=O) groups is 1. The van der Waals surface area contributed by atoms with Gasteiger partial charge in [-0.3, -0.25) is 4.79 Å². The first-order valence-electron chi connectivity index (χ1n) is 13.3. The number of alkyl halides is 1. The predicted molar refractivity (Wildman–Crippen MR) is 162 cm³/mol. The van der Waals surface area contributed by atoms with Crippen molar-refractivity contribution >= 4 is 61.5 Å². The molecule has 41 heavy (non-hydrogen) atoms. The third kappa shape index (κ3) is 12.4. The van der Waals surface area contributed by atoms with E-state index in [1.54, 1.807) is 12.1 Å². The van der Waals surface area contributed by atoms with E-state index in [0.717, 1.165) is 10.2 Å². The molecule has 0 saturated heterocycles. The van der Waals surface area contributed by atoms with Crippen LogP contribution in [0.4, 0.5) is 17.2 Å². The minimum atomic E-state index is -0.360. The van der Waals surface area contributed by atoms with Gasteiger partial charge in [-0.25, -0.2) is 9.97 Å². The van der Waals surface area contributed by atoms with Gasteiger partial charge in [0.2, 0.25) is 5.91 Å². The van der Waals surface area contributed by atoms with Gasteiger partial charge in [-0.1, -0.05) is 22.0 Å². The molecule has 0 fully saturated rings. The van der Waals surface area contributed by atoms with Crippen LogP contribution in [-0.2, 0) is 28.5 Å². The van der Waals surface area contributed by atoms with E-state index >= 15 is 0 Å². The Morgan fingerprint density at radius 1 is 0.854 bits per heavy atom. The molecule has 0 aliphatic rings. The van der Waals surface area contributed by atoms with Crippen LogP contribution in [0.15, 0.2) is 47.2 Å². The molecular weight excluding hydrogens is 620 g/mol. The Kier molecular flexibility index (Phi) is 15.7. The monoisotopic (exact) mass is 654 g/mol. The highest BCUT2D eigenvalue weighted by atomic mass is 79.9. The van der Waals surface area contributed by atoms with Crippen LogP contribution in [0, 0.1) is 0 Å². The van der Waals surface area contributed by atoms with E-state index in [9.17, 15) is 4.79 Å². The molecule has 13 heteroatoms. The zero-order chi connectivity index (χ0) is 29.1. The Labute approximate surface area is 253 Å². The number of anilines is 3. The topological polar surface area (TPSA) is 122 Å². The summed E-state index contributed by atoms with van der Waals surface area (Å²) in [5.41, 5.74) is 1.95. The Morgan fingerprint density at radius 3 is 2.10 bits per heavy atom. The number of rotatable bonds is 21. The van der Waals surface area contributed by atoms with Gasteiger partial charge in [-0.2, -0.15) is 0 Å². The Balaban J connectivity index is 1.42. The summed E-state index contributed by atoms with van der Waals surface area (Å²) in [5, 5.41) is 6.78. The van der Waals surface area contributed by atoms with Crippen LogP contribution in [0.3, 0.4) is 0 Å². The van der Waals surface area contributed by atoms with Crippen molar-refractivity contribution in [2.75, 3.05) is 89.2 Å². The summed E-state index contributed by atoms with van der Waals surface area (Å²) in [5.74, 6) is 0.478. The lowest BCUT2D eigenvalue weighted by molar-refractivity contribution is -0.113. The fourth-order valence-electron chi connectivity index (χ4n) is 3.52. The standard InChI is InChI=1S/C28H36BrClN4O7/c1-2-36-6-7-37-8-9-38-10-11-39-12-13-40-14-15-41-26-18-24-23(17-25(26)34-27(35)19-30)28(32-20-31-24)33-22-5-3-4-21(29)16-22/h3-5,16-18,20H,2,6-15,19H2,1H3,(H,34,35)(H,31,32,33). The molecule has 2 N–H and O–H groups in total. The molecule has 224 valence electrons. The molecule has 0 radical (unpaired) electrons. The molecular formula is C28H36BrClN4O7. The molecule has 0 aliphatic carbocycles. The van der Waals surface area contributed by atoms with Crippen molar-refractivity contribution < 1.29 is 33.2 Å². The van der Waals surface area contributed by atoms with Crippen molar-refractivity contribution in [2.45, 2.75) is 6.92 Å². The number of carbonyl (C=O) groups excluding carboxylic acids is 1. The summed E-state index contributed by atoms with van der Waals surface area (Å²) < 4.78 is 34.0. The molecule has 2 aromatic carbocycles. The summed E-state index contributed by atoms with van der Waals surface area (Å²) in [6.45, 7) is 7.25. The fourth-order valence-corrected chi connectivity index (χ4v) is 3.99. The number of hydrogen-bond donors (Lipinski definition) is 2. The number of halogens is 2. The molecule has 0 bridgehead atoms. The number of benzene rings is 2. The van der Waals surface area contributed by atoms with Gasteiger partial charge in [0.25, 0.3) is 0 Å². The average Bonchev–Trinajstić information content (AvgIpc) is 2.97. The lowest BCUT2D eigenvalue weighted by atomic mass is 10.2. The van der Waals surface area contributed by atoms with Gasteiger partial charge < -0.3 is 39.1 Å². The quantitative estimate of drug-likeness (QED) is 0.122. The number of amides is 1. The summed E-state index contributed by atoms with van der Waals surface area (Å²) in [4.78, 5) is 20.9. The van der Waals surface area contributed by atoms with E-state index in [4.69, 9.17) is 40.0 Å². The zero-order valence-electron chi connectivity index (χ0n) is 23.0. The second kappa shape index (κ2) is 19.5. The minimum absolute atomic E-state index is 0.192. The van der Waals surface area contributed by atoms with Crippen molar-refractivity contribution in [3.8, 4) is 5.75 Å². The maximum atomic E-state index is 12.1. The van der Waals surface area contributed by atoms with E-state index in [0.29, 0.717) is 94.2 Å². The Bertz CT molecular complexity index is 1210. The van der Waals surface area contributed by atoms with Crippen molar-refractivity contribution in [3.05, 3.63) is 47.2 Å². The minimum Gasteiger partial charge on any atom is -0.489 e. The van der Waals surface area contributed by atoms with Crippen molar-refractivity contribution in [1.29, 1.82) is 0 Å². The molecule has 1 aromatic heterocycles. The van der Waals surface area contributed by atoms with Gasteiger partial charge in [0.05, 0.1) is 70.7 Å². The smallest absolute Gasteiger partial charge is 0.239 e. The van der Waals surface area contributed by atoms with Crippen LogP contribution in [0.1, 0.15) is 6.92 Å². The number of fused-ring (bicyclic) bond motifs is 1. The van der Waals surface area contributed by atoms with Crippen LogP contribution in [0.5, 0.6) is 5.75 Å². The van der Waals surface area contributed by atoms with Crippen LogP contribution in [-0.4, -0.2) is 94.4 Å². The summed E-state index contributed by atoms with van der Waals surface area (Å²) in [6.07, 6.45) is 1.47. The van der Waals surface area contributed by atoms with E-state index < -0.39 is 0 Å². The lowest BCUT2D eigenvalue weighted by Gasteiger charge is -2.15. The first kappa shape index (κ1) is 32.9. The van der Waals surface area contributed by atoms with Gasteiger partial charge in [-0.05, 0) is 31.2 Å². The van der Waals surface area contributed by atoms with Crippen LogP contribution in [0.25, 0.3) is 10.9 Å². The third-order valence-electron chi connectivity index (χ3n) is 5.40. The van der Waals surface area contributed by atoms with Crippen molar-refractivity contribution in [2.24, 2.45) is 0 Å². The normalized spacial score (nSPS) is 11.1. The zero-order valence-corrected chi connectivity index (χ0v) is 25.4. The van der Waals surface area contributed by atoms with E-state index in [2.05, 4.69) is 36.5 Å². The van der Waals surface area contributed by atoms with E-state index in [1.807, 2.05) is 31.2 Å². The summed E-state index contributed by atoms with van der Waals surface area (Å²) in [7, 11) is 0. The molecule has 11 nitrogen and oxygen atoms in total. The molecule has 0 saturated carbocycles. The summed E-state index contributed by atoms with van der Waals surface area (Å²) >= 11 is 9.20. The maximum Gasteiger partial charge on any atom is 0.239 e. The van der Waals surface area contributed by atoms with Gasteiger partial charge >= 0.3 is 0 Å². The number of hydrogen-bond acceptors (Lipinski definition) is 10. The van der Waals surface area contributed by atoms with Gasteiger partial charge in [0.1, 0.15) is 30.4 Å². The number of aromatic nitrogens is 2. The highest BCUT2D eigenvalue weighted by Gasteiger charge is 2.14.